The van der Waals surface area contributed by atoms with Crippen LogP contribution < -0.4 is 4.74 Å². The summed E-state index contributed by atoms with van der Waals surface area (Å²) in [5, 5.41) is 23.5. The van der Waals surface area contributed by atoms with E-state index in [0.29, 0.717) is 43.7 Å². The fourth-order valence-corrected chi connectivity index (χ4v) is 7.89. The Morgan fingerprint density at radius 3 is 2.67 bits per heavy atom. The summed E-state index contributed by atoms with van der Waals surface area (Å²) < 4.78 is 45.2. The molecule has 2 fully saturated rings. The highest BCUT2D eigenvalue weighted by Gasteiger charge is 2.75. The van der Waals surface area contributed by atoms with Crippen molar-refractivity contribution in [2.45, 2.75) is 61.6 Å². The number of rotatable bonds is 3. The zero-order chi connectivity index (χ0) is 28.6. The predicted molar refractivity (Wildman–Crippen MR) is 142 cm³/mol. The number of phenolic OH excluding ortho intramolecular Hbond substituents is 1. The van der Waals surface area contributed by atoms with Crippen LogP contribution in [0.1, 0.15) is 42.0 Å². The molecule has 0 aromatic heterocycles. The number of hydrogen-bond acceptors (Lipinski definition) is 5. The van der Waals surface area contributed by atoms with E-state index in [2.05, 4.69) is 23.3 Å². The number of amides is 1. The molecule has 1 saturated heterocycles. The van der Waals surface area contributed by atoms with E-state index in [0.717, 1.165) is 23.3 Å². The van der Waals surface area contributed by atoms with Gasteiger partial charge in [0, 0.05) is 36.7 Å². The molecule has 40 heavy (non-hydrogen) atoms. The fraction of sp³-hybridized carbons (Fsp3) is 0.452. The number of piperidine rings is 1. The zero-order valence-corrected chi connectivity index (χ0v) is 22.3. The predicted octanol–water partition coefficient (Wildman–Crippen LogP) is 3.88. The van der Waals surface area contributed by atoms with Crippen LogP contribution in [0.4, 0.5) is 13.2 Å². The minimum atomic E-state index is -4.45. The Hall–Kier alpha value is -3.48. The third kappa shape index (κ3) is 3.55. The highest BCUT2D eigenvalue weighted by molar-refractivity contribution is 5.94. The van der Waals surface area contributed by atoms with Crippen molar-refractivity contribution in [3.05, 3.63) is 71.3 Å². The molecule has 2 bridgehead atoms. The number of ether oxygens (including phenoxy) is 1. The van der Waals surface area contributed by atoms with E-state index in [9.17, 15) is 28.2 Å². The van der Waals surface area contributed by atoms with Crippen LogP contribution in [0.5, 0.6) is 11.5 Å². The molecule has 2 aliphatic heterocycles. The number of carbonyl (C=O) groups is 1. The van der Waals surface area contributed by atoms with Crippen molar-refractivity contribution in [3.8, 4) is 23.3 Å². The Balaban J connectivity index is 1.36. The molecule has 2 heterocycles. The zero-order valence-electron chi connectivity index (χ0n) is 22.3. The molecule has 6 nitrogen and oxygen atoms in total. The molecule has 6 rings (SSSR count). The second-order valence-corrected chi connectivity index (χ2v) is 11.5. The van der Waals surface area contributed by atoms with Gasteiger partial charge in [-0.25, -0.2) is 0 Å². The first-order valence-electron chi connectivity index (χ1n) is 13.5. The molecule has 210 valence electrons. The molecule has 0 unspecified atom stereocenters. The van der Waals surface area contributed by atoms with Crippen molar-refractivity contribution in [1.82, 2.24) is 9.80 Å². The van der Waals surface area contributed by atoms with Crippen LogP contribution in [-0.4, -0.2) is 69.8 Å². The Bertz CT molecular complexity index is 1450. The SMILES string of the molecule is C=CCN1CC[C@]23c4c5ccc(O)c4O[C@H]2[C@@H](N(C)C(=O)C#Cc2ccc(C(F)(F)F)cc2)C[C@H](C)[C@@]3(O)[C@H]1C5. The van der Waals surface area contributed by atoms with E-state index < -0.39 is 40.8 Å². The maximum atomic E-state index is 13.3. The van der Waals surface area contributed by atoms with E-state index >= 15 is 0 Å². The normalized spacial score (nSPS) is 31.9. The minimum Gasteiger partial charge on any atom is -0.504 e. The maximum Gasteiger partial charge on any atom is 0.416 e. The van der Waals surface area contributed by atoms with E-state index in [1.807, 2.05) is 19.1 Å². The van der Waals surface area contributed by atoms with Gasteiger partial charge >= 0.3 is 6.18 Å². The largest absolute Gasteiger partial charge is 0.504 e. The first-order chi connectivity index (χ1) is 18.9. The van der Waals surface area contributed by atoms with Gasteiger partial charge in [-0.2, -0.15) is 13.2 Å². The summed E-state index contributed by atoms with van der Waals surface area (Å²) in [6.45, 7) is 7.26. The monoisotopic (exact) mass is 552 g/mol. The van der Waals surface area contributed by atoms with Crippen LogP contribution in [0.15, 0.2) is 49.1 Å². The van der Waals surface area contributed by atoms with Crippen LogP contribution >= 0.6 is 0 Å². The van der Waals surface area contributed by atoms with Crippen molar-refractivity contribution < 1.29 is 32.9 Å². The Kier molecular flexibility index (Phi) is 6.02. The molecule has 6 atom stereocenters. The van der Waals surface area contributed by atoms with Gasteiger partial charge < -0.3 is 19.8 Å². The lowest BCUT2D eigenvalue weighted by Gasteiger charge is -2.66. The number of carbonyl (C=O) groups excluding carboxylic acids is 1. The Morgan fingerprint density at radius 2 is 2.00 bits per heavy atom. The lowest BCUT2D eigenvalue weighted by atomic mass is 9.45. The highest BCUT2D eigenvalue weighted by atomic mass is 19.4. The van der Waals surface area contributed by atoms with Crippen LogP contribution in [-0.2, 0) is 22.8 Å². The molecule has 2 aromatic rings. The topological polar surface area (TPSA) is 73.2 Å². The van der Waals surface area contributed by atoms with Gasteiger partial charge in [0.2, 0.25) is 0 Å². The summed E-state index contributed by atoms with van der Waals surface area (Å²) in [6.07, 6.45) is -1.55. The minimum absolute atomic E-state index is 0.0133. The van der Waals surface area contributed by atoms with Crippen molar-refractivity contribution in [3.63, 3.8) is 0 Å². The molecule has 0 radical (unpaired) electrons. The number of likely N-dealkylation sites (N-methyl/N-ethyl adjacent to an activating group) is 1. The van der Waals surface area contributed by atoms with Crippen molar-refractivity contribution >= 4 is 5.91 Å². The lowest BCUT2D eigenvalue weighted by molar-refractivity contribution is -0.222. The number of halogens is 3. The van der Waals surface area contributed by atoms with Gasteiger partial charge in [0.1, 0.15) is 6.10 Å². The van der Waals surface area contributed by atoms with E-state index in [-0.39, 0.29) is 17.7 Å². The van der Waals surface area contributed by atoms with Gasteiger partial charge in [-0.15, -0.1) is 6.58 Å². The second-order valence-electron chi connectivity index (χ2n) is 11.5. The number of aliphatic hydroxyl groups is 1. The van der Waals surface area contributed by atoms with Gasteiger partial charge in [0.25, 0.3) is 5.91 Å². The summed E-state index contributed by atoms with van der Waals surface area (Å²) in [6, 6.07) is 7.27. The number of likely N-dealkylation sites (tertiary alicyclic amines) is 1. The van der Waals surface area contributed by atoms with Gasteiger partial charge in [-0.3, -0.25) is 9.69 Å². The van der Waals surface area contributed by atoms with Crippen LogP contribution in [0.25, 0.3) is 0 Å². The summed E-state index contributed by atoms with van der Waals surface area (Å²) >= 11 is 0. The van der Waals surface area contributed by atoms with Gasteiger partial charge in [0.05, 0.1) is 22.6 Å². The number of nitrogens with zero attached hydrogens (tertiary/aromatic N) is 2. The summed E-state index contributed by atoms with van der Waals surface area (Å²) in [5.41, 5.74) is -0.588. The molecule has 1 spiro atoms. The van der Waals surface area contributed by atoms with Crippen LogP contribution in [0.2, 0.25) is 0 Å². The lowest BCUT2D eigenvalue weighted by Crippen LogP contribution is -2.80. The average Bonchev–Trinajstić information content (AvgIpc) is 3.27. The first-order valence-corrected chi connectivity index (χ1v) is 13.5. The summed E-state index contributed by atoms with van der Waals surface area (Å²) in [4.78, 5) is 17.1. The molecule has 1 amide bonds. The van der Waals surface area contributed by atoms with E-state index in [1.165, 1.54) is 17.0 Å². The Morgan fingerprint density at radius 1 is 1.27 bits per heavy atom. The quantitative estimate of drug-likeness (QED) is 0.447. The van der Waals surface area contributed by atoms with E-state index in [1.54, 1.807) is 13.1 Å². The molecule has 9 heteroatoms. The number of hydrogen-bond donors (Lipinski definition) is 2. The highest BCUT2D eigenvalue weighted by Crippen LogP contribution is 2.67. The average molecular weight is 553 g/mol. The molecule has 4 aliphatic rings. The second kappa shape index (κ2) is 9.02. The molecule has 2 aliphatic carbocycles. The molecule has 2 N–H and O–H groups in total. The number of phenols is 1. The number of alkyl halides is 3. The molecule has 2 aromatic carbocycles. The first kappa shape index (κ1) is 26.7. The summed E-state index contributed by atoms with van der Waals surface area (Å²) in [5.74, 6) is 4.94. The molecule has 1 saturated carbocycles. The van der Waals surface area contributed by atoms with Crippen LogP contribution in [0.3, 0.4) is 0 Å². The van der Waals surface area contributed by atoms with E-state index in [4.69, 9.17) is 4.74 Å². The van der Waals surface area contributed by atoms with Crippen LogP contribution in [0, 0.1) is 17.8 Å². The van der Waals surface area contributed by atoms with Gasteiger partial charge in [-0.05, 0) is 67.6 Å². The number of aromatic hydroxyl groups is 1. The maximum absolute atomic E-state index is 13.3. The molecular weight excluding hydrogens is 521 g/mol. The number of benzene rings is 2. The fourth-order valence-electron chi connectivity index (χ4n) is 7.89. The van der Waals surface area contributed by atoms with Crippen molar-refractivity contribution in [2.75, 3.05) is 20.1 Å². The van der Waals surface area contributed by atoms with Crippen molar-refractivity contribution in [2.24, 2.45) is 5.92 Å². The van der Waals surface area contributed by atoms with Crippen molar-refractivity contribution in [1.29, 1.82) is 0 Å². The smallest absolute Gasteiger partial charge is 0.416 e. The molecular formula is C31H31F3N2O4. The van der Waals surface area contributed by atoms with Gasteiger partial charge in [-0.1, -0.05) is 25.0 Å². The summed E-state index contributed by atoms with van der Waals surface area (Å²) in [7, 11) is 1.64. The third-order valence-corrected chi connectivity index (χ3v) is 9.67. The Labute approximate surface area is 231 Å². The third-order valence-electron chi connectivity index (χ3n) is 9.67. The van der Waals surface area contributed by atoms with Gasteiger partial charge in [0.15, 0.2) is 11.5 Å². The standard InChI is InChI=1S/C31H31F3N2O4/c1-4-14-36-15-13-29-26-20-8-11-23(37)27(26)40-28(29)22(16-18(2)30(29,39)24(36)17-20)35(3)25(38)12-7-19-5-9-21(10-6-19)31(32,33)34/h4-6,8-11,18,22,24,28,37,39H,1,13-17H2,2-3H3/t18-,22-,24+,28-,29-,30+/m0/s1.